The van der Waals surface area contributed by atoms with Gasteiger partial charge < -0.3 is 10.3 Å². The highest BCUT2D eigenvalue weighted by Gasteiger charge is 1.93. The summed E-state index contributed by atoms with van der Waals surface area (Å²) in [5.74, 6) is 0. The van der Waals surface area contributed by atoms with Gasteiger partial charge in [0, 0.05) is 19.3 Å². The molecule has 0 aliphatic rings. The summed E-state index contributed by atoms with van der Waals surface area (Å²) in [6, 6.07) is 0. The minimum Gasteiger partial charge on any atom is -0.334 e. The maximum Gasteiger partial charge on any atom is 0.0948 e. The molecule has 0 aliphatic carbocycles. The number of rotatable bonds is 2. The summed E-state index contributed by atoms with van der Waals surface area (Å²) in [6.07, 6.45) is 3.59. The van der Waals surface area contributed by atoms with Crippen LogP contribution in [0.3, 0.4) is 0 Å². The van der Waals surface area contributed by atoms with E-state index in [1.165, 1.54) is 0 Å². The minimum absolute atomic E-state index is 0. The van der Waals surface area contributed by atoms with Crippen LogP contribution in [-0.2, 0) is 13.1 Å². The van der Waals surface area contributed by atoms with Crippen LogP contribution >= 0.6 is 12.4 Å². The minimum atomic E-state index is 0. The highest BCUT2D eigenvalue weighted by atomic mass is 35.5. The molecule has 1 rings (SSSR count). The molecule has 0 radical (unpaired) electrons. The molecule has 3 nitrogen and oxygen atoms in total. The third-order valence-corrected chi connectivity index (χ3v) is 1.35. The normalized spacial score (nSPS) is 9.00. The maximum absolute atomic E-state index is 5.41. The average molecular weight is 162 g/mol. The first-order valence-corrected chi connectivity index (χ1v) is 3.07. The fraction of sp³-hybridized carbons (Fsp3) is 0.500. The van der Waals surface area contributed by atoms with E-state index in [2.05, 4.69) is 11.9 Å². The Morgan fingerprint density at radius 3 is 2.80 bits per heavy atom. The van der Waals surface area contributed by atoms with Gasteiger partial charge in [0.15, 0.2) is 0 Å². The summed E-state index contributed by atoms with van der Waals surface area (Å²) in [7, 11) is 0. The molecule has 0 unspecified atom stereocenters. The maximum atomic E-state index is 5.41. The lowest BCUT2D eigenvalue weighted by atomic mass is 10.5. The van der Waals surface area contributed by atoms with Crippen LogP contribution in [0.1, 0.15) is 12.6 Å². The van der Waals surface area contributed by atoms with Gasteiger partial charge in [0.1, 0.15) is 0 Å². The number of aromatic nitrogens is 2. The Kier molecular flexibility index (Phi) is 4.07. The summed E-state index contributed by atoms with van der Waals surface area (Å²) in [6.45, 7) is 3.60. The van der Waals surface area contributed by atoms with E-state index in [0.29, 0.717) is 6.54 Å². The largest absolute Gasteiger partial charge is 0.334 e. The average Bonchev–Trinajstić information content (AvgIpc) is 2.33. The van der Waals surface area contributed by atoms with Gasteiger partial charge in [-0.05, 0) is 6.92 Å². The Bertz CT molecular complexity index is 166. The standard InChI is InChI=1S/C6H11N3.ClH/c1-2-9-5-8-4-6(9)3-7;/h4-5H,2-3,7H2,1H3;1H. The van der Waals surface area contributed by atoms with Crippen LogP contribution in [0.4, 0.5) is 0 Å². The Morgan fingerprint density at radius 2 is 2.40 bits per heavy atom. The Morgan fingerprint density at radius 1 is 1.70 bits per heavy atom. The SMILES string of the molecule is CCn1cncc1CN.Cl. The van der Waals surface area contributed by atoms with E-state index in [1.54, 1.807) is 12.5 Å². The Balaban J connectivity index is 0.000000810. The number of nitrogens with zero attached hydrogens (tertiary/aromatic N) is 2. The highest BCUT2D eigenvalue weighted by molar-refractivity contribution is 5.85. The smallest absolute Gasteiger partial charge is 0.0948 e. The lowest BCUT2D eigenvalue weighted by Crippen LogP contribution is -2.04. The second-order valence-corrected chi connectivity index (χ2v) is 1.88. The molecule has 0 aromatic carbocycles. The molecular formula is C6H12ClN3. The summed E-state index contributed by atoms with van der Waals surface area (Å²) in [5, 5.41) is 0. The first kappa shape index (κ1) is 9.46. The van der Waals surface area contributed by atoms with Crippen LogP contribution in [0.2, 0.25) is 0 Å². The van der Waals surface area contributed by atoms with E-state index in [1.807, 2.05) is 4.57 Å². The summed E-state index contributed by atoms with van der Waals surface area (Å²) >= 11 is 0. The van der Waals surface area contributed by atoms with Gasteiger partial charge in [-0.3, -0.25) is 0 Å². The lowest BCUT2D eigenvalue weighted by molar-refractivity contribution is 0.712. The van der Waals surface area contributed by atoms with Crippen molar-refractivity contribution in [3.63, 3.8) is 0 Å². The van der Waals surface area contributed by atoms with E-state index < -0.39 is 0 Å². The molecule has 0 fully saturated rings. The molecule has 0 amide bonds. The number of aryl methyl sites for hydroxylation is 1. The fourth-order valence-corrected chi connectivity index (χ4v) is 0.803. The predicted molar refractivity (Wildman–Crippen MR) is 43.0 cm³/mol. The summed E-state index contributed by atoms with van der Waals surface area (Å²) in [5.41, 5.74) is 6.50. The quantitative estimate of drug-likeness (QED) is 0.697. The molecule has 0 saturated carbocycles. The molecule has 0 bridgehead atoms. The molecule has 1 aromatic heterocycles. The first-order chi connectivity index (χ1) is 4.38. The van der Waals surface area contributed by atoms with E-state index in [9.17, 15) is 0 Å². The van der Waals surface area contributed by atoms with Gasteiger partial charge in [-0.25, -0.2) is 4.98 Å². The lowest BCUT2D eigenvalue weighted by Gasteiger charge is -1.99. The van der Waals surface area contributed by atoms with Crippen molar-refractivity contribution in [1.29, 1.82) is 0 Å². The molecule has 10 heavy (non-hydrogen) atoms. The van der Waals surface area contributed by atoms with Crippen LogP contribution in [0.25, 0.3) is 0 Å². The van der Waals surface area contributed by atoms with Crippen molar-refractivity contribution in [2.24, 2.45) is 5.73 Å². The van der Waals surface area contributed by atoms with Crippen LogP contribution < -0.4 is 5.73 Å². The number of halogens is 1. The monoisotopic (exact) mass is 161 g/mol. The zero-order chi connectivity index (χ0) is 6.69. The zero-order valence-electron chi connectivity index (χ0n) is 5.95. The van der Waals surface area contributed by atoms with Gasteiger partial charge in [0.05, 0.1) is 12.0 Å². The van der Waals surface area contributed by atoms with Gasteiger partial charge in [0.25, 0.3) is 0 Å². The van der Waals surface area contributed by atoms with Crippen LogP contribution in [0.5, 0.6) is 0 Å². The van der Waals surface area contributed by atoms with Gasteiger partial charge in [0.2, 0.25) is 0 Å². The van der Waals surface area contributed by atoms with Crippen LogP contribution in [0, 0.1) is 0 Å². The predicted octanol–water partition coefficient (Wildman–Crippen LogP) is 0.783. The van der Waals surface area contributed by atoms with Crippen molar-refractivity contribution >= 4 is 12.4 Å². The van der Waals surface area contributed by atoms with Crippen LogP contribution in [-0.4, -0.2) is 9.55 Å². The Hall–Kier alpha value is -0.540. The van der Waals surface area contributed by atoms with Crippen molar-refractivity contribution in [1.82, 2.24) is 9.55 Å². The molecular weight excluding hydrogens is 150 g/mol. The first-order valence-electron chi connectivity index (χ1n) is 3.07. The third-order valence-electron chi connectivity index (χ3n) is 1.35. The molecule has 0 spiro atoms. The Labute approximate surface area is 66.7 Å². The van der Waals surface area contributed by atoms with Crippen molar-refractivity contribution < 1.29 is 0 Å². The second kappa shape index (κ2) is 4.30. The van der Waals surface area contributed by atoms with Crippen molar-refractivity contribution in [3.05, 3.63) is 18.2 Å². The van der Waals surface area contributed by atoms with Gasteiger partial charge in [-0.15, -0.1) is 12.4 Å². The van der Waals surface area contributed by atoms with Crippen molar-refractivity contribution in [3.8, 4) is 0 Å². The third kappa shape index (κ3) is 1.72. The van der Waals surface area contributed by atoms with Gasteiger partial charge in [-0.1, -0.05) is 0 Å². The van der Waals surface area contributed by atoms with Crippen molar-refractivity contribution in [2.75, 3.05) is 0 Å². The summed E-state index contributed by atoms with van der Waals surface area (Å²) < 4.78 is 2.03. The molecule has 58 valence electrons. The molecule has 1 heterocycles. The number of imidazole rings is 1. The fourth-order valence-electron chi connectivity index (χ4n) is 0.803. The van der Waals surface area contributed by atoms with E-state index in [-0.39, 0.29) is 12.4 Å². The molecule has 0 atom stereocenters. The van der Waals surface area contributed by atoms with E-state index in [4.69, 9.17) is 5.73 Å². The van der Waals surface area contributed by atoms with E-state index in [0.717, 1.165) is 12.2 Å². The van der Waals surface area contributed by atoms with E-state index >= 15 is 0 Å². The molecule has 1 aromatic rings. The number of nitrogens with two attached hydrogens (primary N) is 1. The number of hydrogen-bond acceptors (Lipinski definition) is 2. The molecule has 4 heteroatoms. The van der Waals surface area contributed by atoms with Crippen molar-refractivity contribution in [2.45, 2.75) is 20.0 Å². The molecule has 0 saturated heterocycles. The highest BCUT2D eigenvalue weighted by Crippen LogP contribution is 1.95. The van der Waals surface area contributed by atoms with Gasteiger partial charge in [-0.2, -0.15) is 0 Å². The van der Waals surface area contributed by atoms with Crippen LogP contribution in [0.15, 0.2) is 12.5 Å². The topological polar surface area (TPSA) is 43.8 Å². The second-order valence-electron chi connectivity index (χ2n) is 1.88. The zero-order valence-corrected chi connectivity index (χ0v) is 6.77. The summed E-state index contributed by atoms with van der Waals surface area (Å²) in [4.78, 5) is 3.95. The molecule has 0 aliphatic heterocycles. The van der Waals surface area contributed by atoms with Gasteiger partial charge >= 0.3 is 0 Å². The molecule has 2 N–H and O–H groups in total. The number of hydrogen-bond donors (Lipinski definition) is 1.